The molecule has 2 heterocycles. The zero-order valence-corrected chi connectivity index (χ0v) is 10.3. The zero-order chi connectivity index (χ0) is 11.9. The van der Waals surface area contributed by atoms with Gasteiger partial charge < -0.3 is 14.8 Å². The van der Waals surface area contributed by atoms with Gasteiger partial charge >= 0.3 is 0 Å². The first-order valence-electron chi connectivity index (χ1n) is 6.27. The van der Waals surface area contributed by atoms with Crippen molar-refractivity contribution in [1.29, 1.82) is 0 Å². The van der Waals surface area contributed by atoms with Gasteiger partial charge in [0.2, 0.25) is 0 Å². The second kappa shape index (κ2) is 4.09. The smallest absolute Gasteiger partial charge is 0.163 e. The third-order valence-corrected chi connectivity index (χ3v) is 3.50. The van der Waals surface area contributed by atoms with Gasteiger partial charge in [0.15, 0.2) is 5.79 Å². The Balaban J connectivity index is 1.70. The molecule has 0 amide bonds. The molecule has 0 radical (unpaired) electrons. The normalized spacial score (nSPS) is 34.8. The van der Waals surface area contributed by atoms with Gasteiger partial charge in [-0.25, -0.2) is 0 Å². The summed E-state index contributed by atoms with van der Waals surface area (Å²) in [4.78, 5) is 0. The Kier molecular flexibility index (Phi) is 2.69. The molecule has 17 heavy (non-hydrogen) atoms. The minimum absolute atomic E-state index is 0.185. The minimum atomic E-state index is -0.424. The fraction of sp³-hybridized carbons (Fsp3) is 0.571. The fourth-order valence-electron chi connectivity index (χ4n) is 2.80. The van der Waals surface area contributed by atoms with Crippen molar-refractivity contribution in [2.24, 2.45) is 0 Å². The van der Waals surface area contributed by atoms with Crippen molar-refractivity contribution in [1.82, 2.24) is 5.32 Å². The van der Waals surface area contributed by atoms with Gasteiger partial charge in [0, 0.05) is 12.6 Å². The third kappa shape index (κ3) is 2.23. The Morgan fingerprint density at radius 2 is 2.00 bits per heavy atom. The quantitative estimate of drug-likeness (QED) is 0.843. The van der Waals surface area contributed by atoms with E-state index < -0.39 is 5.79 Å². The highest BCUT2D eigenvalue weighted by Crippen LogP contribution is 2.33. The average Bonchev–Trinajstić information content (AvgIpc) is 2.77. The number of nitrogens with one attached hydrogen (secondary N) is 1. The van der Waals surface area contributed by atoms with Crippen LogP contribution in [0.5, 0.6) is 0 Å². The van der Waals surface area contributed by atoms with Gasteiger partial charge in [-0.15, -0.1) is 0 Å². The summed E-state index contributed by atoms with van der Waals surface area (Å²) in [5, 5.41) is 3.49. The van der Waals surface area contributed by atoms with Gasteiger partial charge in [-0.1, -0.05) is 30.3 Å². The van der Waals surface area contributed by atoms with Crippen LogP contribution in [0.25, 0.3) is 0 Å². The lowest BCUT2D eigenvalue weighted by atomic mass is 10.0. The van der Waals surface area contributed by atoms with Crippen LogP contribution in [0, 0.1) is 0 Å². The highest BCUT2D eigenvalue weighted by Gasteiger charge is 2.48. The Labute approximate surface area is 102 Å². The summed E-state index contributed by atoms with van der Waals surface area (Å²) >= 11 is 0. The number of ether oxygens (including phenoxy) is 2. The first kappa shape index (κ1) is 11.2. The topological polar surface area (TPSA) is 30.5 Å². The molecule has 3 rings (SSSR count). The molecular weight excluding hydrogens is 214 g/mol. The molecule has 1 aromatic rings. The summed E-state index contributed by atoms with van der Waals surface area (Å²) in [6, 6.07) is 10.9. The van der Waals surface area contributed by atoms with Crippen molar-refractivity contribution in [2.45, 2.75) is 44.3 Å². The maximum atomic E-state index is 5.97. The largest absolute Gasteiger partial charge is 0.343 e. The summed E-state index contributed by atoms with van der Waals surface area (Å²) < 4.78 is 11.8. The van der Waals surface area contributed by atoms with E-state index in [1.54, 1.807) is 0 Å². The van der Waals surface area contributed by atoms with Crippen molar-refractivity contribution in [3.63, 3.8) is 0 Å². The number of rotatable bonds is 2. The van der Waals surface area contributed by atoms with Crippen LogP contribution in [0.1, 0.15) is 19.4 Å². The van der Waals surface area contributed by atoms with Crippen molar-refractivity contribution in [3.05, 3.63) is 35.9 Å². The van der Waals surface area contributed by atoms with E-state index in [4.69, 9.17) is 9.47 Å². The van der Waals surface area contributed by atoms with Crippen molar-refractivity contribution < 1.29 is 9.47 Å². The summed E-state index contributed by atoms with van der Waals surface area (Å²) in [6.45, 7) is 4.88. The van der Waals surface area contributed by atoms with Crippen LogP contribution in [0.4, 0.5) is 0 Å². The molecule has 0 aromatic heterocycles. The minimum Gasteiger partial charge on any atom is -0.343 e. The van der Waals surface area contributed by atoms with Crippen LogP contribution < -0.4 is 5.32 Å². The summed E-state index contributed by atoms with van der Waals surface area (Å²) in [5.41, 5.74) is 1.35. The molecular formula is C14H19NO2. The van der Waals surface area contributed by atoms with Gasteiger partial charge in [-0.2, -0.15) is 0 Å². The number of hydrogen-bond acceptors (Lipinski definition) is 3. The van der Waals surface area contributed by atoms with E-state index in [0.717, 1.165) is 13.0 Å². The van der Waals surface area contributed by atoms with Gasteiger partial charge in [-0.05, 0) is 25.8 Å². The Hall–Kier alpha value is -0.900. The van der Waals surface area contributed by atoms with Crippen LogP contribution in [0.3, 0.4) is 0 Å². The number of benzene rings is 1. The molecule has 0 aliphatic carbocycles. The highest BCUT2D eigenvalue weighted by atomic mass is 16.8. The van der Waals surface area contributed by atoms with E-state index >= 15 is 0 Å². The zero-order valence-electron chi connectivity index (χ0n) is 10.3. The van der Waals surface area contributed by atoms with Gasteiger partial charge in [-0.3, -0.25) is 0 Å². The van der Waals surface area contributed by atoms with Gasteiger partial charge in [0.05, 0.1) is 0 Å². The van der Waals surface area contributed by atoms with Crippen LogP contribution in [0.15, 0.2) is 30.3 Å². The predicted molar refractivity (Wildman–Crippen MR) is 65.8 cm³/mol. The second-order valence-corrected chi connectivity index (χ2v) is 5.34. The molecule has 2 fully saturated rings. The van der Waals surface area contributed by atoms with E-state index in [1.165, 1.54) is 5.56 Å². The summed E-state index contributed by atoms with van der Waals surface area (Å²) in [5.74, 6) is -0.424. The standard InChI is InChI=1S/C14H19NO2/c1-14(2)16-12-9-15-11(13(12)17-14)8-10-6-4-3-5-7-10/h3-7,11-13,15H,8-9H2,1-2H3/t11?,12-,13+/m1/s1. The molecule has 0 bridgehead atoms. The molecule has 3 nitrogen and oxygen atoms in total. The lowest BCUT2D eigenvalue weighted by Crippen LogP contribution is -2.36. The van der Waals surface area contributed by atoms with E-state index in [2.05, 4.69) is 29.6 Å². The van der Waals surface area contributed by atoms with Crippen LogP contribution in [-0.4, -0.2) is 30.6 Å². The van der Waals surface area contributed by atoms with Crippen LogP contribution in [0.2, 0.25) is 0 Å². The van der Waals surface area contributed by atoms with Crippen molar-refractivity contribution in [3.8, 4) is 0 Å². The van der Waals surface area contributed by atoms with E-state index in [0.29, 0.717) is 6.04 Å². The molecule has 3 atom stereocenters. The predicted octanol–water partition coefficient (Wildman–Crippen LogP) is 1.72. The number of fused-ring (bicyclic) bond motifs is 1. The molecule has 1 unspecified atom stereocenters. The van der Waals surface area contributed by atoms with E-state index in [9.17, 15) is 0 Å². The molecule has 1 N–H and O–H groups in total. The molecule has 2 aliphatic rings. The molecule has 0 spiro atoms. The Morgan fingerprint density at radius 3 is 2.76 bits per heavy atom. The lowest BCUT2D eigenvalue weighted by Gasteiger charge is -2.22. The van der Waals surface area contributed by atoms with Gasteiger partial charge in [0.25, 0.3) is 0 Å². The van der Waals surface area contributed by atoms with Crippen molar-refractivity contribution >= 4 is 0 Å². The molecule has 1 aromatic carbocycles. The van der Waals surface area contributed by atoms with E-state index in [1.807, 2.05) is 19.9 Å². The maximum absolute atomic E-state index is 5.97. The van der Waals surface area contributed by atoms with Crippen LogP contribution >= 0.6 is 0 Å². The SMILES string of the molecule is CC1(C)O[C@@H]2CNC(Cc3ccccc3)[C@@H]2O1. The average molecular weight is 233 g/mol. The monoisotopic (exact) mass is 233 g/mol. The molecule has 0 saturated carbocycles. The highest BCUT2D eigenvalue weighted by molar-refractivity contribution is 5.17. The Morgan fingerprint density at radius 1 is 1.24 bits per heavy atom. The fourth-order valence-corrected chi connectivity index (χ4v) is 2.80. The van der Waals surface area contributed by atoms with Gasteiger partial charge in [0.1, 0.15) is 12.2 Å². The number of hydrogen-bond donors (Lipinski definition) is 1. The second-order valence-electron chi connectivity index (χ2n) is 5.34. The Bertz CT molecular complexity index is 390. The lowest BCUT2D eigenvalue weighted by molar-refractivity contribution is -0.152. The van der Waals surface area contributed by atoms with Crippen molar-refractivity contribution in [2.75, 3.05) is 6.54 Å². The first-order chi connectivity index (χ1) is 8.14. The molecule has 3 heteroatoms. The summed E-state index contributed by atoms with van der Waals surface area (Å²) in [7, 11) is 0. The summed E-state index contributed by atoms with van der Waals surface area (Å²) in [6.07, 6.45) is 1.39. The maximum Gasteiger partial charge on any atom is 0.163 e. The molecule has 92 valence electrons. The third-order valence-electron chi connectivity index (χ3n) is 3.50. The molecule has 2 aliphatic heterocycles. The van der Waals surface area contributed by atoms with E-state index in [-0.39, 0.29) is 12.2 Å². The first-order valence-corrected chi connectivity index (χ1v) is 6.27. The van der Waals surface area contributed by atoms with Crippen LogP contribution in [-0.2, 0) is 15.9 Å². The molecule has 2 saturated heterocycles.